The number of carbonyl (C=O) groups is 1. The van der Waals surface area contributed by atoms with Gasteiger partial charge in [0.25, 0.3) is 0 Å². The van der Waals surface area contributed by atoms with Gasteiger partial charge in [0.2, 0.25) is 0 Å². The molecule has 0 spiro atoms. The van der Waals surface area contributed by atoms with Crippen LogP contribution in [0.1, 0.15) is 32.9 Å². The van der Waals surface area contributed by atoms with E-state index in [1.165, 1.54) is 6.33 Å². The number of fused-ring (bicyclic) bond motifs is 2. The summed E-state index contributed by atoms with van der Waals surface area (Å²) in [6, 6.07) is 11.8. The fourth-order valence-electron chi connectivity index (χ4n) is 3.84. The van der Waals surface area contributed by atoms with Gasteiger partial charge in [0, 0.05) is 40.9 Å². The van der Waals surface area contributed by atoms with Crippen LogP contribution in [-0.4, -0.2) is 37.3 Å². The molecular formula is C25H28N6O2. The molecule has 3 aromatic heterocycles. The van der Waals surface area contributed by atoms with E-state index in [9.17, 15) is 4.79 Å². The van der Waals surface area contributed by atoms with E-state index in [1.807, 2.05) is 57.3 Å². The number of alkyl carbamates (subject to hydrolysis) is 1. The second-order valence-corrected chi connectivity index (χ2v) is 8.94. The summed E-state index contributed by atoms with van der Waals surface area (Å²) in [5, 5.41) is 8.41. The predicted octanol–water partition coefficient (Wildman–Crippen LogP) is 4.54. The SMILES string of the molecule is C=CCC(Cc1cc(-c2cnc3ccccc3c2)c2c(N)ncnn12)NC(=O)OC(C)(C)C. The zero-order valence-corrected chi connectivity index (χ0v) is 19.1. The first-order valence-corrected chi connectivity index (χ1v) is 10.8. The number of amides is 1. The molecule has 33 heavy (non-hydrogen) atoms. The van der Waals surface area contributed by atoms with E-state index in [1.54, 1.807) is 10.6 Å². The molecule has 0 aliphatic carbocycles. The Morgan fingerprint density at radius 3 is 2.82 bits per heavy atom. The van der Waals surface area contributed by atoms with Crippen molar-refractivity contribution in [1.82, 2.24) is 24.9 Å². The number of carbonyl (C=O) groups excluding carboxylic acids is 1. The van der Waals surface area contributed by atoms with Gasteiger partial charge in [0.15, 0.2) is 5.82 Å². The molecule has 1 aromatic carbocycles. The number of nitrogens with zero attached hydrogens (tertiary/aromatic N) is 4. The summed E-state index contributed by atoms with van der Waals surface area (Å²) < 4.78 is 7.21. The average Bonchev–Trinajstić information content (AvgIpc) is 3.12. The molecule has 0 radical (unpaired) electrons. The van der Waals surface area contributed by atoms with E-state index < -0.39 is 11.7 Å². The van der Waals surface area contributed by atoms with Gasteiger partial charge in [-0.05, 0) is 45.4 Å². The normalized spacial score (nSPS) is 12.6. The van der Waals surface area contributed by atoms with Crippen LogP contribution in [0.4, 0.5) is 10.6 Å². The molecule has 3 N–H and O–H groups in total. The molecule has 4 rings (SSSR count). The van der Waals surface area contributed by atoms with Gasteiger partial charge in [-0.2, -0.15) is 5.10 Å². The number of nitrogens with one attached hydrogen (secondary N) is 1. The number of nitrogen functional groups attached to an aromatic ring is 1. The lowest BCUT2D eigenvalue weighted by atomic mass is 10.0. The lowest BCUT2D eigenvalue weighted by molar-refractivity contribution is 0.0504. The highest BCUT2D eigenvalue weighted by Gasteiger charge is 2.22. The van der Waals surface area contributed by atoms with Crippen LogP contribution < -0.4 is 11.1 Å². The summed E-state index contributed by atoms with van der Waals surface area (Å²) in [5.74, 6) is 0.375. The summed E-state index contributed by atoms with van der Waals surface area (Å²) in [6.45, 7) is 9.33. The van der Waals surface area contributed by atoms with Gasteiger partial charge >= 0.3 is 6.09 Å². The minimum Gasteiger partial charge on any atom is -0.444 e. The minimum absolute atomic E-state index is 0.228. The second-order valence-electron chi connectivity index (χ2n) is 8.94. The number of nitrogens with two attached hydrogens (primary N) is 1. The average molecular weight is 445 g/mol. The highest BCUT2D eigenvalue weighted by molar-refractivity contribution is 5.92. The number of benzene rings is 1. The Labute approximate surface area is 192 Å². The Hall–Kier alpha value is -3.94. The van der Waals surface area contributed by atoms with Crippen LogP contribution in [0.2, 0.25) is 0 Å². The number of ether oxygens (including phenoxy) is 1. The zero-order chi connectivity index (χ0) is 23.6. The molecule has 3 heterocycles. The molecule has 170 valence electrons. The quantitative estimate of drug-likeness (QED) is 0.423. The van der Waals surface area contributed by atoms with E-state index >= 15 is 0 Å². The van der Waals surface area contributed by atoms with E-state index in [-0.39, 0.29) is 6.04 Å². The number of rotatable bonds is 6. The van der Waals surface area contributed by atoms with Gasteiger partial charge in [-0.15, -0.1) is 6.58 Å². The maximum absolute atomic E-state index is 12.4. The van der Waals surface area contributed by atoms with Crippen molar-refractivity contribution in [3.05, 3.63) is 67.3 Å². The molecule has 0 bridgehead atoms. The minimum atomic E-state index is -0.581. The molecule has 1 unspecified atom stereocenters. The van der Waals surface area contributed by atoms with Crippen LogP contribution in [0, 0.1) is 0 Å². The first kappa shape index (κ1) is 22.3. The molecule has 4 aromatic rings. The Balaban J connectivity index is 1.72. The van der Waals surface area contributed by atoms with Crippen molar-refractivity contribution in [2.45, 2.75) is 45.3 Å². The van der Waals surface area contributed by atoms with Crippen LogP contribution >= 0.6 is 0 Å². The number of anilines is 1. The maximum atomic E-state index is 12.4. The molecular weight excluding hydrogens is 416 g/mol. The number of pyridine rings is 1. The summed E-state index contributed by atoms with van der Waals surface area (Å²) in [5.41, 5.74) is 9.99. The molecule has 8 nitrogen and oxygen atoms in total. The van der Waals surface area contributed by atoms with Crippen LogP contribution in [0.5, 0.6) is 0 Å². The molecule has 1 amide bonds. The van der Waals surface area contributed by atoms with E-state index in [2.05, 4.69) is 33.0 Å². The van der Waals surface area contributed by atoms with E-state index in [0.29, 0.717) is 24.2 Å². The summed E-state index contributed by atoms with van der Waals surface area (Å²) >= 11 is 0. The van der Waals surface area contributed by atoms with Crippen LogP contribution in [0.15, 0.2) is 61.6 Å². The fourth-order valence-corrected chi connectivity index (χ4v) is 3.84. The highest BCUT2D eigenvalue weighted by atomic mass is 16.6. The highest BCUT2D eigenvalue weighted by Crippen LogP contribution is 2.32. The predicted molar refractivity (Wildman–Crippen MR) is 130 cm³/mol. The first-order valence-electron chi connectivity index (χ1n) is 10.8. The first-order chi connectivity index (χ1) is 15.7. The third-order valence-corrected chi connectivity index (χ3v) is 5.19. The van der Waals surface area contributed by atoms with Crippen LogP contribution in [0.25, 0.3) is 27.5 Å². The van der Waals surface area contributed by atoms with Gasteiger partial charge in [0.05, 0.1) is 5.52 Å². The standard InChI is InChI=1S/C25H28N6O2/c1-5-8-18(30-24(32)33-25(2,3)4)12-19-13-20(22-23(26)28-15-29-31(19)22)17-11-16-9-6-7-10-21(16)27-14-17/h5-7,9-11,13-15,18H,1,8,12H2,2-4H3,(H,30,32)(H2,26,28,29). The summed E-state index contributed by atoms with van der Waals surface area (Å²) in [6.07, 6.45) is 5.63. The molecule has 8 heteroatoms. The van der Waals surface area contributed by atoms with Crippen molar-refractivity contribution in [2.24, 2.45) is 0 Å². The Bertz CT molecular complexity index is 1320. The largest absolute Gasteiger partial charge is 0.444 e. The third-order valence-electron chi connectivity index (χ3n) is 5.19. The maximum Gasteiger partial charge on any atom is 0.407 e. The lowest BCUT2D eigenvalue weighted by Gasteiger charge is -2.23. The summed E-state index contributed by atoms with van der Waals surface area (Å²) in [7, 11) is 0. The number of aromatic nitrogens is 4. The monoisotopic (exact) mass is 444 g/mol. The molecule has 0 saturated carbocycles. The van der Waals surface area contributed by atoms with Crippen molar-refractivity contribution in [3.63, 3.8) is 0 Å². The van der Waals surface area contributed by atoms with E-state index in [0.717, 1.165) is 27.7 Å². The third kappa shape index (κ3) is 4.95. The molecule has 0 aliphatic rings. The van der Waals surface area contributed by atoms with E-state index in [4.69, 9.17) is 10.5 Å². The van der Waals surface area contributed by atoms with Crippen molar-refractivity contribution in [3.8, 4) is 11.1 Å². The Morgan fingerprint density at radius 1 is 1.27 bits per heavy atom. The van der Waals surface area contributed by atoms with Gasteiger partial charge in [-0.3, -0.25) is 4.98 Å². The lowest BCUT2D eigenvalue weighted by Crippen LogP contribution is -2.40. The fraction of sp³-hybridized carbons (Fsp3) is 0.280. The molecule has 0 saturated heterocycles. The van der Waals surface area contributed by atoms with Crippen LogP contribution in [-0.2, 0) is 11.2 Å². The summed E-state index contributed by atoms with van der Waals surface area (Å²) in [4.78, 5) is 21.2. The molecule has 1 atom stereocenters. The van der Waals surface area contributed by atoms with Gasteiger partial charge in [0.1, 0.15) is 17.4 Å². The molecule has 0 fully saturated rings. The Morgan fingerprint density at radius 2 is 2.06 bits per heavy atom. The number of hydrogen-bond acceptors (Lipinski definition) is 6. The topological polar surface area (TPSA) is 107 Å². The Kier molecular flexibility index (Phi) is 6.00. The smallest absolute Gasteiger partial charge is 0.407 e. The number of para-hydroxylation sites is 1. The van der Waals surface area contributed by atoms with Crippen molar-refractivity contribution < 1.29 is 9.53 Å². The number of hydrogen-bond donors (Lipinski definition) is 2. The second kappa shape index (κ2) is 8.90. The van der Waals surface area contributed by atoms with Crippen molar-refractivity contribution in [2.75, 3.05) is 5.73 Å². The van der Waals surface area contributed by atoms with Gasteiger partial charge < -0.3 is 15.8 Å². The van der Waals surface area contributed by atoms with Gasteiger partial charge in [-0.25, -0.2) is 14.3 Å². The molecule has 0 aliphatic heterocycles. The van der Waals surface area contributed by atoms with Gasteiger partial charge in [-0.1, -0.05) is 24.3 Å². The van der Waals surface area contributed by atoms with Crippen molar-refractivity contribution >= 4 is 28.3 Å². The van der Waals surface area contributed by atoms with Crippen LogP contribution in [0.3, 0.4) is 0 Å². The zero-order valence-electron chi connectivity index (χ0n) is 19.1. The van der Waals surface area contributed by atoms with Crippen molar-refractivity contribution in [1.29, 1.82) is 0 Å².